The number of amides is 1. The molecule has 0 spiro atoms. The van der Waals surface area contributed by atoms with Crippen molar-refractivity contribution in [3.63, 3.8) is 0 Å². The number of halogens is 2. The highest BCUT2D eigenvalue weighted by molar-refractivity contribution is 6.36. The number of rotatable bonds is 4. The maximum absolute atomic E-state index is 10.9. The highest BCUT2D eigenvalue weighted by Gasteiger charge is 2.23. The molecule has 1 atom stereocenters. The normalized spacial score (nSPS) is 11.9. The quantitative estimate of drug-likeness (QED) is 0.799. The summed E-state index contributed by atoms with van der Waals surface area (Å²) in [6, 6.07) is 3.37. The molecule has 6 heteroatoms. The Balaban J connectivity index is 3.21. The van der Waals surface area contributed by atoms with Crippen molar-refractivity contribution in [1.82, 2.24) is 5.32 Å². The molecule has 80 valence electrons. The van der Waals surface area contributed by atoms with Crippen LogP contribution >= 0.6 is 23.2 Å². The molecule has 0 saturated heterocycles. The average molecular weight is 248 g/mol. The highest BCUT2D eigenvalue weighted by atomic mass is 35.5. The molecule has 0 aromatic heterocycles. The van der Waals surface area contributed by atoms with Crippen molar-refractivity contribution < 1.29 is 14.7 Å². The minimum atomic E-state index is -1.23. The van der Waals surface area contributed by atoms with Crippen LogP contribution in [-0.2, 0) is 9.59 Å². The summed E-state index contributed by atoms with van der Waals surface area (Å²) < 4.78 is 0. The number of hydrogen-bond donors (Lipinski definition) is 2. The van der Waals surface area contributed by atoms with Crippen LogP contribution in [0.4, 0.5) is 0 Å². The lowest BCUT2D eigenvalue weighted by Crippen LogP contribution is -2.27. The van der Waals surface area contributed by atoms with Crippen LogP contribution < -0.4 is 5.32 Å². The Kier molecular flexibility index (Phi) is 3.94. The highest BCUT2D eigenvalue weighted by Crippen LogP contribution is 2.30. The lowest BCUT2D eigenvalue weighted by atomic mass is 10.1. The van der Waals surface area contributed by atoms with E-state index in [1.54, 1.807) is 6.07 Å². The number of nitrogens with one attached hydrogen (secondary N) is 1. The lowest BCUT2D eigenvalue weighted by Gasteiger charge is -2.14. The summed E-state index contributed by atoms with van der Waals surface area (Å²) in [4.78, 5) is 21.1. The minimum absolute atomic E-state index is 0.181. The molecule has 15 heavy (non-hydrogen) atoms. The largest absolute Gasteiger partial charge is 0.479 e. The molecule has 0 fully saturated rings. The second-order valence-electron chi connectivity index (χ2n) is 2.69. The van der Waals surface area contributed by atoms with E-state index in [0.717, 1.165) is 0 Å². The van der Waals surface area contributed by atoms with Gasteiger partial charge in [0, 0.05) is 15.6 Å². The van der Waals surface area contributed by atoms with Gasteiger partial charge in [0.15, 0.2) is 6.04 Å². The van der Waals surface area contributed by atoms with Crippen molar-refractivity contribution in [2.45, 2.75) is 6.04 Å². The topological polar surface area (TPSA) is 66.4 Å². The van der Waals surface area contributed by atoms with Gasteiger partial charge >= 0.3 is 5.97 Å². The van der Waals surface area contributed by atoms with Crippen molar-refractivity contribution in [1.29, 1.82) is 0 Å². The third-order valence-corrected chi connectivity index (χ3v) is 2.43. The monoisotopic (exact) mass is 247 g/mol. The predicted octanol–water partition coefficient (Wildman–Crippen LogP) is 1.87. The van der Waals surface area contributed by atoms with Gasteiger partial charge in [-0.05, 0) is 12.1 Å². The summed E-state index contributed by atoms with van der Waals surface area (Å²) in [7, 11) is 0. The molecule has 2 N–H and O–H groups in total. The van der Waals surface area contributed by atoms with E-state index in [1.807, 2.05) is 0 Å². The van der Waals surface area contributed by atoms with Crippen LogP contribution in [0, 0.1) is 0 Å². The molecule has 0 aliphatic rings. The summed E-state index contributed by atoms with van der Waals surface area (Å²) in [5.74, 6) is -1.22. The number of carboxylic acid groups (broad SMARTS) is 1. The van der Waals surface area contributed by atoms with Crippen LogP contribution in [0.5, 0.6) is 0 Å². The van der Waals surface area contributed by atoms with Crippen LogP contribution in [0.3, 0.4) is 0 Å². The number of benzene rings is 1. The average Bonchev–Trinajstić information content (AvgIpc) is 2.15. The Morgan fingerprint density at radius 1 is 1.40 bits per heavy atom. The second kappa shape index (κ2) is 5.00. The first-order chi connectivity index (χ1) is 7.07. The molecule has 0 aliphatic heterocycles. The van der Waals surface area contributed by atoms with E-state index in [-0.39, 0.29) is 15.6 Å². The van der Waals surface area contributed by atoms with E-state index in [2.05, 4.69) is 5.32 Å². The van der Waals surface area contributed by atoms with E-state index in [1.165, 1.54) is 12.1 Å². The first-order valence-electron chi connectivity index (χ1n) is 3.94. The molecule has 1 aromatic rings. The van der Waals surface area contributed by atoms with Crippen molar-refractivity contribution in [3.8, 4) is 0 Å². The molecule has 1 unspecified atom stereocenters. The van der Waals surface area contributed by atoms with Gasteiger partial charge in [-0.2, -0.15) is 0 Å². The maximum Gasteiger partial charge on any atom is 0.331 e. The molecular weight excluding hydrogens is 241 g/mol. The summed E-state index contributed by atoms with van der Waals surface area (Å²) in [6.45, 7) is 0. The molecule has 0 radical (unpaired) electrons. The maximum atomic E-state index is 10.9. The number of carbonyl (C=O) groups is 2. The van der Waals surface area contributed by atoms with E-state index in [0.29, 0.717) is 6.41 Å². The zero-order valence-corrected chi connectivity index (χ0v) is 8.92. The fraction of sp³-hybridized carbons (Fsp3) is 0.111. The third-order valence-electron chi connectivity index (χ3n) is 1.77. The Morgan fingerprint density at radius 3 is 2.33 bits per heavy atom. The lowest BCUT2D eigenvalue weighted by molar-refractivity contribution is -0.140. The van der Waals surface area contributed by atoms with Gasteiger partial charge in [0.05, 0.1) is 0 Å². The van der Waals surface area contributed by atoms with Crippen LogP contribution in [0.25, 0.3) is 0 Å². The van der Waals surface area contributed by atoms with Gasteiger partial charge in [-0.3, -0.25) is 4.79 Å². The van der Waals surface area contributed by atoms with Crippen molar-refractivity contribution in [3.05, 3.63) is 33.8 Å². The van der Waals surface area contributed by atoms with Gasteiger partial charge in [0.1, 0.15) is 0 Å². The van der Waals surface area contributed by atoms with Crippen molar-refractivity contribution in [2.24, 2.45) is 0 Å². The van der Waals surface area contributed by atoms with E-state index < -0.39 is 12.0 Å². The molecule has 0 heterocycles. The van der Waals surface area contributed by atoms with Gasteiger partial charge < -0.3 is 10.4 Å². The second-order valence-corrected chi connectivity index (χ2v) is 3.51. The Morgan fingerprint density at radius 2 is 1.93 bits per heavy atom. The number of aliphatic carboxylic acids is 1. The molecule has 0 aliphatic carbocycles. The van der Waals surface area contributed by atoms with Gasteiger partial charge in [-0.25, -0.2) is 4.79 Å². The van der Waals surface area contributed by atoms with Gasteiger partial charge in [-0.15, -0.1) is 0 Å². The smallest absolute Gasteiger partial charge is 0.331 e. The van der Waals surface area contributed by atoms with Crippen LogP contribution in [0.2, 0.25) is 10.0 Å². The predicted molar refractivity (Wildman–Crippen MR) is 56.0 cm³/mol. The summed E-state index contributed by atoms with van der Waals surface area (Å²) in [5.41, 5.74) is 0.181. The zero-order valence-electron chi connectivity index (χ0n) is 7.41. The Labute approximate surface area is 95.8 Å². The molecular formula is C9H7Cl2NO3. The minimum Gasteiger partial charge on any atom is -0.479 e. The summed E-state index contributed by atoms with van der Waals surface area (Å²) in [5, 5.41) is 11.4. The molecule has 0 bridgehead atoms. The van der Waals surface area contributed by atoms with Crippen LogP contribution in [0.15, 0.2) is 18.2 Å². The molecule has 4 nitrogen and oxygen atoms in total. The number of carboxylic acids is 1. The first kappa shape index (κ1) is 11.8. The number of hydrogen-bond acceptors (Lipinski definition) is 2. The molecule has 1 aromatic carbocycles. The van der Waals surface area contributed by atoms with Crippen LogP contribution in [0.1, 0.15) is 11.6 Å². The van der Waals surface area contributed by atoms with E-state index >= 15 is 0 Å². The van der Waals surface area contributed by atoms with Crippen LogP contribution in [-0.4, -0.2) is 17.5 Å². The SMILES string of the molecule is O=CNC(C(=O)O)c1c(Cl)cccc1Cl. The third kappa shape index (κ3) is 2.61. The fourth-order valence-electron chi connectivity index (χ4n) is 1.13. The van der Waals surface area contributed by atoms with E-state index in [4.69, 9.17) is 28.3 Å². The summed E-state index contributed by atoms with van der Waals surface area (Å²) >= 11 is 11.6. The van der Waals surface area contributed by atoms with Crippen molar-refractivity contribution >= 4 is 35.6 Å². The Hall–Kier alpha value is -1.26. The first-order valence-corrected chi connectivity index (χ1v) is 4.70. The zero-order chi connectivity index (χ0) is 11.4. The van der Waals surface area contributed by atoms with Crippen molar-refractivity contribution in [2.75, 3.05) is 0 Å². The Bertz CT molecular complexity index is 375. The number of carbonyl (C=O) groups excluding carboxylic acids is 1. The molecule has 1 amide bonds. The summed E-state index contributed by atoms with van der Waals surface area (Å²) in [6.07, 6.45) is 0.290. The fourth-order valence-corrected chi connectivity index (χ4v) is 1.75. The van der Waals surface area contributed by atoms with Gasteiger partial charge in [-0.1, -0.05) is 29.3 Å². The van der Waals surface area contributed by atoms with E-state index in [9.17, 15) is 9.59 Å². The molecule has 0 saturated carbocycles. The molecule has 1 rings (SSSR count). The van der Waals surface area contributed by atoms with Gasteiger partial charge in [0.25, 0.3) is 0 Å². The van der Waals surface area contributed by atoms with Gasteiger partial charge in [0.2, 0.25) is 6.41 Å². The standard InChI is InChI=1S/C9H7Cl2NO3/c10-5-2-1-3-6(11)7(5)8(9(14)15)12-4-13/h1-4,8H,(H,12,13)(H,14,15).